The van der Waals surface area contributed by atoms with E-state index in [9.17, 15) is 4.79 Å². The molecule has 27 heavy (non-hydrogen) atoms. The molecule has 144 valence electrons. The van der Waals surface area contributed by atoms with Crippen molar-refractivity contribution >= 4 is 5.91 Å². The van der Waals surface area contributed by atoms with Crippen LogP contribution >= 0.6 is 0 Å². The van der Waals surface area contributed by atoms with E-state index < -0.39 is 0 Å². The van der Waals surface area contributed by atoms with Crippen molar-refractivity contribution in [3.8, 4) is 0 Å². The summed E-state index contributed by atoms with van der Waals surface area (Å²) in [7, 11) is 0. The maximum Gasteiger partial charge on any atom is 0.254 e. The van der Waals surface area contributed by atoms with Gasteiger partial charge in [0.15, 0.2) is 0 Å². The summed E-state index contributed by atoms with van der Waals surface area (Å²) in [5, 5.41) is 3.27. The molecule has 1 saturated heterocycles. The van der Waals surface area contributed by atoms with E-state index in [2.05, 4.69) is 34.5 Å². The van der Waals surface area contributed by atoms with Gasteiger partial charge in [-0.2, -0.15) is 0 Å². The first-order valence-corrected chi connectivity index (χ1v) is 10.0. The number of nitrogens with one attached hydrogen (secondary N) is 1. The van der Waals surface area contributed by atoms with Gasteiger partial charge in [-0.3, -0.25) is 9.69 Å². The van der Waals surface area contributed by atoms with Crippen molar-refractivity contribution in [2.75, 3.05) is 26.3 Å². The number of nitrogens with zero attached hydrogens (tertiary/aromatic N) is 1. The van der Waals surface area contributed by atoms with Crippen molar-refractivity contribution in [1.82, 2.24) is 10.2 Å². The fourth-order valence-corrected chi connectivity index (χ4v) is 4.22. The maximum atomic E-state index is 12.8. The molecule has 0 unspecified atom stereocenters. The Balaban J connectivity index is 1.39. The minimum absolute atomic E-state index is 0.0280. The molecule has 4 rings (SSSR count). The van der Waals surface area contributed by atoms with Gasteiger partial charge < -0.3 is 14.5 Å². The van der Waals surface area contributed by atoms with Crippen LogP contribution in [0, 0.1) is 0 Å². The molecule has 1 aromatic carbocycles. The Morgan fingerprint density at radius 2 is 1.89 bits per heavy atom. The number of hydrogen-bond donors (Lipinski definition) is 1. The zero-order chi connectivity index (χ0) is 18.5. The molecule has 0 spiro atoms. The third-order valence-electron chi connectivity index (χ3n) is 5.71. The third kappa shape index (κ3) is 4.60. The van der Waals surface area contributed by atoms with E-state index >= 15 is 0 Å². The van der Waals surface area contributed by atoms with Crippen LogP contribution < -0.4 is 5.32 Å². The number of furan rings is 1. The fraction of sp³-hybridized carbons (Fsp3) is 0.500. The second-order valence-electron chi connectivity index (χ2n) is 7.57. The summed E-state index contributed by atoms with van der Waals surface area (Å²) in [4.78, 5) is 15.1. The normalized spacial score (nSPS) is 23.9. The number of carbonyl (C=O) groups is 1. The molecule has 5 nitrogen and oxygen atoms in total. The number of rotatable bonds is 5. The Morgan fingerprint density at radius 1 is 1.11 bits per heavy atom. The summed E-state index contributed by atoms with van der Waals surface area (Å²) in [5.74, 6) is 1.20. The first kappa shape index (κ1) is 18.3. The first-order valence-electron chi connectivity index (χ1n) is 10.0. The molecule has 0 radical (unpaired) electrons. The van der Waals surface area contributed by atoms with Crippen molar-refractivity contribution in [2.45, 2.75) is 44.2 Å². The lowest BCUT2D eigenvalue weighted by Crippen LogP contribution is -2.40. The molecule has 1 N–H and O–H groups in total. The van der Waals surface area contributed by atoms with Crippen LogP contribution in [-0.4, -0.2) is 43.2 Å². The molecule has 0 bridgehead atoms. The second kappa shape index (κ2) is 8.72. The molecule has 2 aromatic rings. The van der Waals surface area contributed by atoms with E-state index in [1.54, 1.807) is 6.26 Å². The summed E-state index contributed by atoms with van der Waals surface area (Å²) in [6, 6.07) is 12.6. The Labute approximate surface area is 160 Å². The summed E-state index contributed by atoms with van der Waals surface area (Å²) in [6.45, 7) is 4.06. The minimum atomic E-state index is -0.0280. The Hall–Kier alpha value is -2.11. The molecule has 1 amide bonds. The van der Waals surface area contributed by atoms with Gasteiger partial charge in [0.1, 0.15) is 12.0 Å². The molecule has 1 aromatic heterocycles. The molecule has 2 heterocycles. The van der Waals surface area contributed by atoms with E-state index in [1.165, 1.54) is 18.4 Å². The quantitative estimate of drug-likeness (QED) is 0.877. The highest BCUT2D eigenvalue weighted by atomic mass is 16.5. The van der Waals surface area contributed by atoms with Crippen molar-refractivity contribution in [3.05, 3.63) is 59.5 Å². The van der Waals surface area contributed by atoms with E-state index in [-0.39, 0.29) is 11.9 Å². The SMILES string of the molecule is O=C(N[C@@H]1CCCC[C@H]1c1ccccc1)c1coc(CN2CCOCC2)c1. The third-order valence-corrected chi connectivity index (χ3v) is 5.71. The van der Waals surface area contributed by atoms with Crippen LogP contribution in [0.5, 0.6) is 0 Å². The number of carbonyl (C=O) groups excluding carboxylic acids is 1. The average Bonchev–Trinajstić information content (AvgIpc) is 3.18. The van der Waals surface area contributed by atoms with E-state index in [1.807, 2.05) is 12.1 Å². The van der Waals surface area contributed by atoms with Crippen molar-refractivity contribution in [2.24, 2.45) is 0 Å². The molecular formula is C22H28N2O3. The Bertz CT molecular complexity index is 737. The van der Waals surface area contributed by atoms with Gasteiger partial charge in [0, 0.05) is 25.0 Å². The smallest absolute Gasteiger partial charge is 0.254 e. The van der Waals surface area contributed by atoms with Gasteiger partial charge in [-0.1, -0.05) is 43.2 Å². The van der Waals surface area contributed by atoms with Crippen LogP contribution in [0.25, 0.3) is 0 Å². The average molecular weight is 368 g/mol. The molecule has 2 atom stereocenters. The largest absolute Gasteiger partial charge is 0.467 e. The lowest BCUT2D eigenvalue weighted by molar-refractivity contribution is 0.0313. The molecule has 2 aliphatic rings. The van der Waals surface area contributed by atoms with Gasteiger partial charge in [0.2, 0.25) is 0 Å². The lowest BCUT2D eigenvalue weighted by Gasteiger charge is -2.32. The van der Waals surface area contributed by atoms with Crippen molar-refractivity contribution < 1.29 is 13.9 Å². The number of benzene rings is 1. The second-order valence-corrected chi connectivity index (χ2v) is 7.57. The highest BCUT2D eigenvalue weighted by molar-refractivity contribution is 5.94. The van der Waals surface area contributed by atoms with Crippen LogP contribution in [0.2, 0.25) is 0 Å². The van der Waals surface area contributed by atoms with Crippen LogP contribution in [0.1, 0.15) is 53.3 Å². The van der Waals surface area contributed by atoms with E-state index in [4.69, 9.17) is 9.15 Å². The molecule has 1 aliphatic heterocycles. The molecular weight excluding hydrogens is 340 g/mol. The molecule has 5 heteroatoms. The zero-order valence-electron chi connectivity index (χ0n) is 15.7. The number of hydrogen-bond acceptors (Lipinski definition) is 4. The van der Waals surface area contributed by atoms with Gasteiger partial charge in [0.25, 0.3) is 5.91 Å². The Morgan fingerprint density at radius 3 is 2.70 bits per heavy atom. The Kier molecular flexibility index (Phi) is 5.90. The minimum Gasteiger partial charge on any atom is -0.467 e. The fourth-order valence-electron chi connectivity index (χ4n) is 4.22. The maximum absolute atomic E-state index is 12.8. The summed E-state index contributed by atoms with van der Waals surface area (Å²) in [6.07, 6.45) is 6.14. The van der Waals surface area contributed by atoms with Crippen LogP contribution in [0.3, 0.4) is 0 Å². The lowest BCUT2D eigenvalue weighted by atomic mass is 9.80. The van der Waals surface area contributed by atoms with E-state index in [0.29, 0.717) is 11.5 Å². The summed E-state index contributed by atoms with van der Waals surface area (Å²) >= 11 is 0. The van der Waals surface area contributed by atoms with Crippen LogP contribution in [0.4, 0.5) is 0 Å². The number of ether oxygens (including phenoxy) is 1. The van der Waals surface area contributed by atoms with Gasteiger partial charge >= 0.3 is 0 Å². The monoisotopic (exact) mass is 368 g/mol. The van der Waals surface area contributed by atoms with E-state index in [0.717, 1.165) is 51.4 Å². The van der Waals surface area contributed by atoms with Gasteiger partial charge in [-0.05, 0) is 24.5 Å². The molecule has 1 aliphatic carbocycles. The highest BCUT2D eigenvalue weighted by Crippen LogP contribution is 2.33. The van der Waals surface area contributed by atoms with Crippen molar-refractivity contribution in [1.29, 1.82) is 0 Å². The van der Waals surface area contributed by atoms with Gasteiger partial charge in [0.05, 0.1) is 25.3 Å². The summed E-state index contributed by atoms with van der Waals surface area (Å²) in [5.41, 5.74) is 1.94. The van der Waals surface area contributed by atoms with Crippen molar-refractivity contribution in [3.63, 3.8) is 0 Å². The first-order chi connectivity index (χ1) is 13.3. The standard InChI is InChI=1S/C22H28N2O3/c25-22(18-14-19(27-16-18)15-24-10-12-26-13-11-24)23-21-9-5-4-8-20(21)17-6-2-1-3-7-17/h1-3,6-7,14,16,20-21H,4-5,8-13,15H2,(H,23,25)/t20-,21+/m0/s1. The predicted molar refractivity (Wildman–Crippen MR) is 104 cm³/mol. The molecule has 1 saturated carbocycles. The van der Waals surface area contributed by atoms with Crippen LogP contribution in [-0.2, 0) is 11.3 Å². The van der Waals surface area contributed by atoms with Gasteiger partial charge in [-0.15, -0.1) is 0 Å². The van der Waals surface area contributed by atoms with Gasteiger partial charge in [-0.25, -0.2) is 0 Å². The summed E-state index contributed by atoms with van der Waals surface area (Å²) < 4.78 is 11.0. The topological polar surface area (TPSA) is 54.7 Å². The number of amides is 1. The predicted octanol–water partition coefficient (Wildman–Crippen LogP) is 3.57. The molecule has 2 fully saturated rings. The zero-order valence-corrected chi connectivity index (χ0v) is 15.7. The highest BCUT2D eigenvalue weighted by Gasteiger charge is 2.28. The van der Waals surface area contributed by atoms with Crippen LogP contribution in [0.15, 0.2) is 47.1 Å². The number of morpholine rings is 1.